The van der Waals surface area contributed by atoms with Crippen molar-refractivity contribution in [3.05, 3.63) is 60.6 Å². The topological polar surface area (TPSA) is 120 Å². The number of H-pyrrole nitrogens is 1. The molecule has 0 saturated carbocycles. The van der Waals surface area contributed by atoms with Gasteiger partial charge in [0.25, 0.3) is 0 Å². The summed E-state index contributed by atoms with van der Waals surface area (Å²) in [5.74, 6) is 0.336. The molecule has 0 radical (unpaired) electrons. The highest BCUT2D eigenvalue weighted by Crippen LogP contribution is 2.37. The van der Waals surface area contributed by atoms with Crippen LogP contribution in [0, 0.1) is 5.82 Å². The highest BCUT2D eigenvalue weighted by Gasteiger charge is 2.22. The summed E-state index contributed by atoms with van der Waals surface area (Å²) < 4.78 is 27.7. The number of aromatic nitrogens is 8. The van der Waals surface area contributed by atoms with Gasteiger partial charge in [0.1, 0.15) is 22.8 Å². The van der Waals surface area contributed by atoms with E-state index in [0.29, 0.717) is 34.1 Å². The number of pyridine rings is 1. The highest BCUT2D eigenvalue weighted by molar-refractivity contribution is 5.77. The minimum atomic E-state index is -0.566. The predicted octanol–water partition coefficient (Wildman–Crippen LogP) is 3.04. The van der Waals surface area contributed by atoms with Crippen LogP contribution in [0.4, 0.5) is 15.9 Å². The fraction of sp³-hybridized carbons (Fsp3) is 0.182. The molecule has 0 aliphatic carbocycles. The van der Waals surface area contributed by atoms with E-state index < -0.39 is 5.82 Å². The summed E-state index contributed by atoms with van der Waals surface area (Å²) in [5, 5.41) is 14.7. The third-order valence-corrected chi connectivity index (χ3v) is 5.19. The van der Waals surface area contributed by atoms with E-state index in [2.05, 4.69) is 30.5 Å². The fourth-order valence-corrected chi connectivity index (χ4v) is 3.51. The van der Waals surface area contributed by atoms with Crippen molar-refractivity contribution in [1.82, 2.24) is 40.1 Å². The summed E-state index contributed by atoms with van der Waals surface area (Å²) in [6, 6.07) is 6.57. The number of rotatable bonds is 7. The maximum atomic E-state index is 15.4. The van der Waals surface area contributed by atoms with Crippen LogP contribution in [0.15, 0.2) is 49.1 Å². The molecule has 0 fully saturated rings. The Kier molecular flexibility index (Phi) is 5.46. The van der Waals surface area contributed by atoms with E-state index in [0.717, 1.165) is 5.56 Å². The van der Waals surface area contributed by atoms with Crippen LogP contribution in [0.2, 0.25) is 0 Å². The number of hydrogen-bond donors (Lipinski definition) is 1. The van der Waals surface area contributed by atoms with Crippen molar-refractivity contribution in [2.24, 2.45) is 7.05 Å². The second kappa shape index (κ2) is 8.73. The van der Waals surface area contributed by atoms with Crippen molar-refractivity contribution in [2.75, 3.05) is 19.1 Å². The Hall–Kier alpha value is -4.61. The largest absolute Gasteiger partial charge is 0.497 e. The SMILES string of the molecule is COc1cc(OC)c(F)c(N(Cc2cn[nH]n2)c2ccc3ncc(-c4cnn(C)c4)nc3n2)c1. The number of nitrogens with zero attached hydrogens (tertiary/aromatic N) is 8. The van der Waals surface area contributed by atoms with Gasteiger partial charge in [-0.05, 0) is 12.1 Å². The van der Waals surface area contributed by atoms with Crippen LogP contribution in [-0.4, -0.2) is 54.4 Å². The third-order valence-electron chi connectivity index (χ3n) is 5.19. The summed E-state index contributed by atoms with van der Waals surface area (Å²) in [7, 11) is 4.72. The van der Waals surface area contributed by atoms with E-state index in [1.54, 1.807) is 46.4 Å². The standard InChI is InChI=1S/C22H20FN9O2/c1-31-11-13(8-26-31)17-10-24-16-4-5-20(28-22(16)27-17)32(12-14-9-25-30-29-14)18-6-15(33-2)7-19(34-3)21(18)23/h4-11H,12H2,1-3H3,(H,25,29,30). The van der Waals surface area contributed by atoms with Crippen molar-refractivity contribution in [3.8, 4) is 22.8 Å². The Morgan fingerprint density at radius 3 is 2.68 bits per heavy atom. The summed E-state index contributed by atoms with van der Waals surface area (Å²) >= 11 is 0. The number of ether oxygens (including phenoxy) is 2. The number of aromatic amines is 1. The molecule has 172 valence electrons. The van der Waals surface area contributed by atoms with Crippen molar-refractivity contribution in [3.63, 3.8) is 0 Å². The molecule has 4 heterocycles. The number of hydrogen-bond acceptors (Lipinski definition) is 9. The molecule has 0 amide bonds. The van der Waals surface area contributed by atoms with Crippen LogP contribution in [0.3, 0.4) is 0 Å². The molecule has 0 saturated heterocycles. The van der Waals surface area contributed by atoms with E-state index in [1.165, 1.54) is 20.3 Å². The van der Waals surface area contributed by atoms with Crippen molar-refractivity contribution >= 4 is 22.7 Å². The molecule has 5 aromatic rings. The molecule has 11 nitrogen and oxygen atoms in total. The zero-order valence-corrected chi connectivity index (χ0v) is 18.6. The number of fused-ring (bicyclic) bond motifs is 1. The van der Waals surface area contributed by atoms with Crippen LogP contribution in [0.25, 0.3) is 22.4 Å². The van der Waals surface area contributed by atoms with Gasteiger partial charge in [0.2, 0.25) is 0 Å². The molecular weight excluding hydrogens is 441 g/mol. The van der Waals surface area contributed by atoms with Crippen LogP contribution >= 0.6 is 0 Å². The Morgan fingerprint density at radius 2 is 1.97 bits per heavy atom. The van der Waals surface area contributed by atoms with Gasteiger partial charge < -0.3 is 14.4 Å². The molecule has 0 aliphatic heterocycles. The average Bonchev–Trinajstić information content (AvgIpc) is 3.54. The Bertz CT molecular complexity index is 1450. The maximum absolute atomic E-state index is 15.4. The highest BCUT2D eigenvalue weighted by atomic mass is 19.1. The number of benzene rings is 1. The first-order chi connectivity index (χ1) is 16.6. The molecule has 12 heteroatoms. The number of methoxy groups -OCH3 is 2. The van der Waals surface area contributed by atoms with Crippen molar-refractivity contribution in [2.45, 2.75) is 6.54 Å². The van der Waals surface area contributed by atoms with E-state index in [1.807, 2.05) is 13.2 Å². The molecule has 4 aromatic heterocycles. The molecule has 0 atom stereocenters. The summed E-state index contributed by atoms with van der Waals surface area (Å²) in [6.07, 6.45) is 6.77. The Morgan fingerprint density at radius 1 is 1.09 bits per heavy atom. The minimum absolute atomic E-state index is 0.0407. The van der Waals surface area contributed by atoms with Gasteiger partial charge in [-0.3, -0.25) is 9.67 Å². The Labute approximate surface area is 193 Å². The van der Waals surface area contributed by atoms with Gasteiger partial charge >= 0.3 is 0 Å². The first-order valence-electron chi connectivity index (χ1n) is 10.2. The molecule has 34 heavy (non-hydrogen) atoms. The van der Waals surface area contributed by atoms with Crippen LogP contribution < -0.4 is 14.4 Å². The van der Waals surface area contributed by atoms with Gasteiger partial charge in [-0.2, -0.15) is 20.5 Å². The van der Waals surface area contributed by atoms with E-state index >= 15 is 4.39 Å². The first kappa shape index (κ1) is 21.2. The molecule has 0 spiro atoms. The number of nitrogens with one attached hydrogen (secondary N) is 1. The zero-order valence-electron chi connectivity index (χ0n) is 18.6. The summed E-state index contributed by atoms with van der Waals surface area (Å²) in [4.78, 5) is 15.5. The second-order valence-electron chi connectivity index (χ2n) is 7.38. The number of anilines is 2. The normalized spacial score (nSPS) is 11.1. The predicted molar refractivity (Wildman–Crippen MR) is 121 cm³/mol. The lowest BCUT2D eigenvalue weighted by Crippen LogP contribution is -2.20. The quantitative estimate of drug-likeness (QED) is 0.390. The molecule has 0 aliphatic rings. The molecule has 0 bridgehead atoms. The number of aryl methyl sites for hydroxylation is 1. The summed E-state index contributed by atoms with van der Waals surface area (Å²) in [5.41, 5.74) is 3.22. The van der Waals surface area contributed by atoms with Crippen LogP contribution in [-0.2, 0) is 13.6 Å². The zero-order chi connectivity index (χ0) is 23.7. The fourth-order valence-electron chi connectivity index (χ4n) is 3.51. The summed E-state index contributed by atoms with van der Waals surface area (Å²) in [6.45, 7) is 0.179. The van der Waals surface area contributed by atoms with Gasteiger partial charge in [-0.25, -0.2) is 14.4 Å². The lowest BCUT2D eigenvalue weighted by Gasteiger charge is -2.24. The van der Waals surface area contributed by atoms with Crippen LogP contribution in [0.1, 0.15) is 5.69 Å². The molecule has 1 aromatic carbocycles. The monoisotopic (exact) mass is 461 g/mol. The van der Waals surface area contributed by atoms with Crippen molar-refractivity contribution < 1.29 is 13.9 Å². The smallest absolute Gasteiger partial charge is 0.188 e. The molecular formula is C22H20FN9O2. The van der Waals surface area contributed by atoms with Gasteiger partial charge in [0.05, 0.1) is 50.7 Å². The average molecular weight is 461 g/mol. The second-order valence-corrected chi connectivity index (χ2v) is 7.38. The van der Waals surface area contributed by atoms with Gasteiger partial charge in [-0.1, -0.05) is 0 Å². The third kappa shape index (κ3) is 3.96. The van der Waals surface area contributed by atoms with Gasteiger partial charge in [0.15, 0.2) is 17.2 Å². The Balaban J connectivity index is 1.65. The van der Waals surface area contributed by atoms with Gasteiger partial charge in [-0.15, -0.1) is 0 Å². The molecule has 5 rings (SSSR count). The van der Waals surface area contributed by atoms with E-state index in [-0.39, 0.29) is 18.0 Å². The molecule has 0 unspecified atom stereocenters. The van der Waals surface area contributed by atoms with Gasteiger partial charge in [0, 0.05) is 30.9 Å². The maximum Gasteiger partial charge on any atom is 0.188 e. The van der Waals surface area contributed by atoms with E-state index in [9.17, 15) is 0 Å². The lowest BCUT2D eigenvalue weighted by atomic mass is 10.2. The first-order valence-corrected chi connectivity index (χ1v) is 10.2. The minimum Gasteiger partial charge on any atom is -0.497 e. The number of halogens is 1. The van der Waals surface area contributed by atoms with Crippen molar-refractivity contribution in [1.29, 1.82) is 0 Å². The van der Waals surface area contributed by atoms with Crippen LogP contribution in [0.5, 0.6) is 11.5 Å². The molecule has 1 N–H and O–H groups in total. The lowest BCUT2D eigenvalue weighted by molar-refractivity contribution is 0.374. The van der Waals surface area contributed by atoms with E-state index in [4.69, 9.17) is 14.5 Å².